The molecule has 6 atom stereocenters. The standard InChI is InChI=1S/C28H38O5S/c1-6-7-15-30-25-23(29)24-21(17-31-26(33-24)19-11-9-8-10-12-19)32-27(25)34-22-16-20(28(3,4)5)14-13-18(22)2/h8-14,16,21,23-27,29H,6-7,15,17H2,1-5H3/t21?,23-,24+,25?,26?,27-/m0/s1. The normalized spacial score (nSPS) is 29.6. The third kappa shape index (κ3) is 5.86. The minimum absolute atomic E-state index is 0.0512. The minimum Gasteiger partial charge on any atom is -0.387 e. The highest BCUT2D eigenvalue weighted by Gasteiger charge is 2.50. The molecule has 0 aromatic heterocycles. The van der Waals surface area contributed by atoms with Crippen molar-refractivity contribution in [1.82, 2.24) is 0 Å². The molecule has 2 aromatic carbocycles. The quantitative estimate of drug-likeness (QED) is 0.502. The summed E-state index contributed by atoms with van der Waals surface area (Å²) in [6, 6.07) is 16.4. The summed E-state index contributed by atoms with van der Waals surface area (Å²) in [4.78, 5) is 1.15. The van der Waals surface area contributed by atoms with Gasteiger partial charge in [-0.3, -0.25) is 0 Å². The van der Waals surface area contributed by atoms with Crippen LogP contribution in [0.1, 0.15) is 63.5 Å². The molecule has 0 spiro atoms. The molecule has 0 saturated carbocycles. The number of unbranched alkanes of at least 4 members (excludes halogenated alkanes) is 1. The summed E-state index contributed by atoms with van der Waals surface area (Å²) in [5.41, 5.74) is 3.08. The average Bonchev–Trinajstić information content (AvgIpc) is 2.82. The van der Waals surface area contributed by atoms with Crippen LogP contribution in [0.2, 0.25) is 0 Å². The van der Waals surface area contributed by atoms with Crippen LogP contribution in [0, 0.1) is 6.92 Å². The van der Waals surface area contributed by atoms with E-state index >= 15 is 0 Å². The Balaban J connectivity index is 1.55. The molecule has 2 aliphatic heterocycles. The molecule has 2 fully saturated rings. The molecule has 0 aliphatic carbocycles. The number of aryl methyl sites for hydroxylation is 1. The zero-order chi connectivity index (χ0) is 24.3. The van der Waals surface area contributed by atoms with Crippen molar-refractivity contribution in [2.24, 2.45) is 0 Å². The largest absolute Gasteiger partial charge is 0.387 e. The van der Waals surface area contributed by atoms with Gasteiger partial charge in [0.05, 0.1) is 6.61 Å². The van der Waals surface area contributed by atoms with Gasteiger partial charge in [-0.05, 0) is 36.0 Å². The summed E-state index contributed by atoms with van der Waals surface area (Å²) < 4.78 is 24.9. The second kappa shape index (κ2) is 11.1. The third-order valence-corrected chi connectivity index (χ3v) is 7.79. The van der Waals surface area contributed by atoms with Crippen LogP contribution in [-0.2, 0) is 24.4 Å². The number of rotatable bonds is 7. The van der Waals surface area contributed by atoms with Crippen molar-refractivity contribution in [2.45, 2.75) is 93.9 Å². The molecule has 1 N–H and O–H groups in total. The fourth-order valence-electron chi connectivity index (χ4n) is 4.30. The van der Waals surface area contributed by atoms with Gasteiger partial charge in [-0.25, -0.2) is 0 Å². The number of aliphatic hydroxyl groups excluding tert-OH is 1. The van der Waals surface area contributed by atoms with Crippen molar-refractivity contribution in [3.63, 3.8) is 0 Å². The second-order valence-corrected chi connectivity index (χ2v) is 11.4. The van der Waals surface area contributed by atoms with Gasteiger partial charge in [0.15, 0.2) is 6.29 Å². The van der Waals surface area contributed by atoms with E-state index in [2.05, 4.69) is 52.8 Å². The smallest absolute Gasteiger partial charge is 0.184 e. The van der Waals surface area contributed by atoms with Gasteiger partial charge < -0.3 is 24.1 Å². The van der Waals surface area contributed by atoms with Gasteiger partial charge in [0.1, 0.15) is 29.9 Å². The first-order valence-electron chi connectivity index (χ1n) is 12.3. The molecular formula is C28H38O5S. The Hall–Kier alpha value is -1.41. The van der Waals surface area contributed by atoms with Crippen LogP contribution in [0.5, 0.6) is 0 Å². The maximum atomic E-state index is 11.4. The number of ether oxygens (including phenoxy) is 4. The lowest BCUT2D eigenvalue weighted by Crippen LogP contribution is -2.61. The molecule has 6 heteroatoms. The van der Waals surface area contributed by atoms with Crippen molar-refractivity contribution in [3.05, 3.63) is 65.2 Å². The lowest BCUT2D eigenvalue weighted by molar-refractivity contribution is -0.322. The first-order valence-corrected chi connectivity index (χ1v) is 13.2. The van der Waals surface area contributed by atoms with Gasteiger partial charge in [0.2, 0.25) is 0 Å². The molecule has 0 radical (unpaired) electrons. The lowest BCUT2D eigenvalue weighted by Gasteiger charge is -2.47. The van der Waals surface area contributed by atoms with Crippen molar-refractivity contribution >= 4 is 11.8 Å². The Morgan fingerprint density at radius 3 is 2.56 bits per heavy atom. The number of benzene rings is 2. The Morgan fingerprint density at radius 1 is 1.09 bits per heavy atom. The van der Waals surface area contributed by atoms with Crippen LogP contribution in [0.4, 0.5) is 0 Å². The molecule has 3 unspecified atom stereocenters. The summed E-state index contributed by atoms with van der Waals surface area (Å²) in [6.45, 7) is 11.8. The van der Waals surface area contributed by atoms with Crippen LogP contribution >= 0.6 is 11.8 Å². The summed E-state index contributed by atoms with van der Waals surface area (Å²) in [5.74, 6) is 0. The van der Waals surface area contributed by atoms with Gasteiger partial charge in [-0.15, -0.1) is 0 Å². The molecule has 2 heterocycles. The molecule has 2 aromatic rings. The minimum atomic E-state index is -0.811. The zero-order valence-electron chi connectivity index (χ0n) is 20.9. The topological polar surface area (TPSA) is 57.2 Å². The third-order valence-electron chi connectivity index (χ3n) is 6.49. The van der Waals surface area contributed by atoms with Gasteiger partial charge >= 0.3 is 0 Å². The predicted octanol–water partition coefficient (Wildman–Crippen LogP) is 5.77. The van der Waals surface area contributed by atoms with Gasteiger partial charge in [-0.1, -0.05) is 88.3 Å². The molecule has 34 heavy (non-hydrogen) atoms. The Bertz CT molecular complexity index is 928. The summed E-state index contributed by atoms with van der Waals surface area (Å²) >= 11 is 1.63. The number of thioether (sulfide) groups is 1. The monoisotopic (exact) mass is 486 g/mol. The average molecular weight is 487 g/mol. The maximum absolute atomic E-state index is 11.4. The van der Waals surface area contributed by atoms with Crippen molar-refractivity contribution < 1.29 is 24.1 Å². The van der Waals surface area contributed by atoms with Crippen LogP contribution in [0.15, 0.2) is 53.4 Å². The molecule has 2 saturated heterocycles. The highest BCUT2D eigenvalue weighted by molar-refractivity contribution is 7.99. The molecule has 186 valence electrons. The zero-order valence-corrected chi connectivity index (χ0v) is 21.7. The molecular weight excluding hydrogens is 448 g/mol. The van der Waals surface area contributed by atoms with E-state index < -0.39 is 24.6 Å². The second-order valence-electron chi connectivity index (χ2n) is 10.2. The molecule has 5 nitrogen and oxygen atoms in total. The van der Waals surface area contributed by atoms with E-state index in [1.54, 1.807) is 11.8 Å². The molecule has 0 bridgehead atoms. The summed E-state index contributed by atoms with van der Waals surface area (Å²) in [7, 11) is 0. The Kier molecular flexibility index (Phi) is 8.39. The first kappa shape index (κ1) is 25.7. The van der Waals surface area contributed by atoms with E-state index in [1.807, 2.05) is 30.3 Å². The number of fused-ring (bicyclic) bond motifs is 1. The van der Waals surface area contributed by atoms with Gasteiger partial charge in [0, 0.05) is 17.1 Å². The predicted molar refractivity (Wildman–Crippen MR) is 135 cm³/mol. The number of aliphatic hydroxyl groups is 1. The Labute approximate surface area is 208 Å². The number of hydrogen-bond donors (Lipinski definition) is 1. The van der Waals surface area contributed by atoms with Crippen LogP contribution < -0.4 is 0 Å². The van der Waals surface area contributed by atoms with E-state index in [1.165, 1.54) is 11.1 Å². The number of hydrogen-bond acceptors (Lipinski definition) is 6. The van der Waals surface area contributed by atoms with Gasteiger partial charge in [-0.2, -0.15) is 0 Å². The summed E-state index contributed by atoms with van der Waals surface area (Å²) in [5, 5.41) is 11.4. The fraction of sp³-hybridized carbons (Fsp3) is 0.571. The SMILES string of the molecule is CCCCOC1[C@@H](O)[C@@H]2OC(c3ccccc3)OCC2O[C@H]1Sc1cc(C(C)(C)C)ccc1C. The van der Waals surface area contributed by atoms with Crippen molar-refractivity contribution in [1.29, 1.82) is 0 Å². The van der Waals surface area contributed by atoms with Crippen molar-refractivity contribution in [2.75, 3.05) is 13.2 Å². The maximum Gasteiger partial charge on any atom is 0.184 e. The fourth-order valence-corrected chi connectivity index (χ4v) is 5.57. The van der Waals surface area contributed by atoms with Crippen molar-refractivity contribution in [3.8, 4) is 0 Å². The van der Waals surface area contributed by atoms with E-state index in [0.29, 0.717) is 13.2 Å². The van der Waals surface area contributed by atoms with Crippen LogP contribution in [0.3, 0.4) is 0 Å². The summed E-state index contributed by atoms with van der Waals surface area (Å²) in [6.07, 6.45) is -0.731. The highest BCUT2D eigenvalue weighted by Crippen LogP contribution is 2.41. The first-order chi connectivity index (χ1) is 16.3. The highest BCUT2D eigenvalue weighted by atomic mass is 32.2. The van der Waals surface area contributed by atoms with E-state index in [-0.39, 0.29) is 17.0 Å². The van der Waals surface area contributed by atoms with Crippen LogP contribution in [0.25, 0.3) is 0 Å². The molecule has 2 aliphatic rings. The van der Waals surface area contributed by atoms with Crippen LogP contribution in [-0.4, -0.2) is 48.2 Å². The van der Waals surface area contributed by atoms with E-state index in [9.17, 15) is 5.11 Å². The lowest BCUT2D eigenvalue weighted by atomic mass is 9.87. The van der Waals surface area contributed by atoms with E-state index in [0.717, 1.165) is 23.3 Å². The Morgan fingerprint density at radius 2 is 1.85 bits per heavy atom. The molecule has 4 rings (SSSR count). The van der Waals surface area contributed by atoms with E-state index in [4.69, 9.17) is 18.9 Å². The molecule has 0 amide bonds. The van der Waals surface area contributed by atoms with Gasteiger partial charge in [0.25, 0.3) is 0 Å².